The maximum Gasteiger partial charge on any atom is 0.145 e. The van der Waals surface area contributed by atoms with Gasteiger partial charge in [0.1, 0.15) is 15.2 Å². The van der Waals surface area contributed by atoms with Gasteiger partial charge < -0.3 is 10.4 Å². The summed E-state index contributed by atoms with van der Waals surface area (Å²) < 4.78 is 0.569. The minimum absolute atomic E-state index is 0.569. The van der Waals surface area contributed by atoms with Gasteiger partial charge in [-0.3, -0.25) is 0 Å². The number of hydrogen-bond donors (Lipinski definition) is 4. The van der Waals surface area contributed by atoms with Crippen molar-refractivity contribution in [1.82, 2.24) is 20.4 Å². The van der Waals surface area contributed by atoms with Crippen LogP contribution in [-0.2, 0) is 0 Å². The zero-order valence-electron chi connectivity index (χ0n) is 13.1. The van der Waals surface area contributed by atoms with Crippen LogP contribution >= 0.6 is 37.5 Å². The molecule has 2 aromatic rings. The summed E-state index contributed by atoms with van der Waals surface area (Å²) in [5.74, 6) is 1.72. The van der Waals surface area contributed by atoms with Crippen LogP contribution in [-0.4, -0.2) is 32.4 Å². The molecular formula is C16H22N4S3. The summed E-state index contributed by atoms with van der Waals surface area (Å²) in [7, 11) is 0. The molecule has 0 atom stereocenters. The molecule has 0 spiro atoms. The molecule has 7 heteroatoms. The van der Waals surface area contributed by atoms with Gasteiger partial charge in [-0.2, -0.15) is 0 Å². The van der Waals surface area contributed by atoms with E-state index < -0.39 is 0 Å². The first kappa shape index (κ1) is 18.3. The molecule has 1 aliphatic heterocycles. The number of hydrazine groups is 1. The van der Waals surface area contributed by atoms with Gasteiger partial charge in [-0.15, -0.1) is 25.3 Å². The summed E-state index contributed by atoms with van der Waals surface area (Å²) in [6.07, 6.45) is 4.28. The molecule has 3 rings (SSSR count). The van der Waals surface area contributed by atoms with Crippen LogP contribution in [0, 0.1) is 5.92 Å². The van der Waals surface area contributed by atoms with E-state index in [1.165, 1.54) is 12.8 Å². The highest BCUT2D eigenvalue weighted by Gasteiger charge is 2.14. The number of H-pyrrole nitrogens is 1. The maximum absolute atomic E-state index is 4.82. The summed E-state index contributed by atoms with van der Waals surface area (Å²) in [4.78, 5) is 7.22. The van der Waals surface area contributed by atoms with Gasteiger partial charge in [0.05, 0.1) is 0 Å². The van der Waals surface area contributed by atoms with Gasteiger partial charge in [0, 0.05) is 24.8 Å². The molecule has 0 bridgehead atoms. The Bertz CT molecular complexity index is 607. The summed E-state index contributed by atoms with van der Waals surface area (Å²) in [5.41, 5.74) is 4.11. The molecule has 0 amide bonds. The Kier molecular flexibility index (Phi) is 7.42. The average molecular weight is 367 g/mol. The standard InChI is InChI=1S/C9H8N2S.C7H14N2S2/c12-8-6-10-9(11-8)7-4-2-1-3-5-7;1-6-2-4-9(5-3-6)8-7(10)11/h1-6,12H,(H,10,11);6H,2-5H2,1H3,(H2,8,10,11). The molecule has 0 radical (unpaired) electrons. The lowest BCUT2D eigenvalue weighted by Gasteiger charge is -2.30. The van der Waals surface area contributed by atoms with Crippen molar-refractivity contribution in [1.29, 1.82) is 0 Å². The lowest BCUT2D eigenvalue weighted by Crippen LogP contribution is -2.44. The minimum atomic E-state index is 0.569. The Morgan fingerprint density at radius 1 is 1.30 bits per heavy atom. The number of aromatic nitrogens is 2. The van der Waals surface area contributed by atoms with Crippen molar-refractivity contribution in [2.24, 2.45) is 5.92 Å². The zero-order chi connectivity index (χ0) is 16.7. The molecule has 0 aliphatic carbocycles. The van der Waals surface area contributed by atoms with Crippen molar-refractivity contribution in [2.75, 3.05) is 13.1 Å². The molecule has 2 heterocycles. The van der Waals surface area contributed by atoms with Crippen molar-refractivity contribution >= 4 is 41.8 Å². The fourth-order valence-electron chi connectivity index (χ4n) is 2.31. The summed E-state index contributed by atoms with van der Waals surface area (Å²) in [6.45, 7) is 4.46. The first-order valence-electron chi connectivity index (χ1n) is 7.59. The third-order valence-corrected chi connectivity index (χ3v) is 4.07. The predicted molar refractivity (Wildman–Crippen MR) is 106 cm³/mol. The number of rotatable bonds is 2. The second-order valence-corrected chi connectivity index (χ2v) is 7.18. The topological polar surface area (TPSA) is 44.0 Å². The van der Waals surface area contributed by atoms with E-state index in [4.69, 9.17) is 12.2 Å². The first-order chi connectivity index (χ1) is 11.0. The smallest absolute Gasteiger partial charge is 0.145 e. The molecule has 0 unspecified atom stereocenters. The fourth-order valence-corrected chi connectivity index (χ4v) is 2.75. The van der Waals surface area contributed by atoms with Gasteiger partial charge in [0.25, 0.3) is 0 Å². The third-order valence-electron chi connectivity index (χ3n) is 3.65. The fraction of sp³-hybridized carbons (Fsp3) is 0.375. The van der Waals surface area contributed by atoms with Crippen LogP contribution in [0.1, 0.15) is 19.8 Å². The van der Waals surface area contributed by atoms with Gasteiger partial charge in [-0.05, 0) is 18.8 Å². The van der Waals surface area contributed by atoms with Crippen molar-refractivity contribution in [2.45, 2.75) is 24.8 Å². The Morgan fingerprint density at radius 2 is 1.96 bits per heavy atom. The van der Waals surface area contributed by atoms with Crippen LogP contribution in [0.4, 0.5) is 0 Å². The van der Waals surface area contributed by atoms with Crippen LogP contribution in [0.25, 0.3) is 11.4 Å². The summed E-state index contributed by atoms with van der Waals surface area (Å²) >= 11 is 12.9. The van der Waals surface area contributed by atoms with Crippen LogP contribution in [0.5, 0.6) is 0 Å². The zero-order valence-corrected chi connectivity index (χ0v) is 15.7. The second-order valence-electron chi connectivity index (χ2n) is 5.56. The number of thiocarbonyl (C=S) groups is 1. The van der Waals surface area contributed by atoms with Crippen molar-refractivity contribution < 1.29 is 0 Å². The molecule has 1 aromatic carbocycles. The largest absolute Gasteiger partial charge is 0.343 e. The van der Waals surface area contributed by atoms with Crippen LogP contribution in [0.15, 0.2) is 41.6 Å². The molecular weight excluding hydrogens is 344 g/mol. The first-order valence-corrected chi connectivity index (χ1v) is 8.89. The SMILES string of the molecule is CC1CCN(NC(=S)S)CC1.Sc1c[nH]c(-c2ccccc2)n1. The van der Waals surface area contributed by atoms with Crippen molar-refractivity contribution in [3.05, 3.63) is 36.5 Å². The van der Waals surface area contributed by atoms with E-state index in [1.807, 2.05) is 30.3 Å². The molecule has 0 saturated carbocycles. The number of benzene rings is 1. The molecule has 124 valence electrons. The van der Waals surface area contributed by atoms with Gasteiger partial charge in [-0.1, -0.05) is 49.5 Å². The molecule has 4 nitrogen and oxygen atoms in total. The monoisotopic (exact) mass is 366 g/mol. The number of hydrogen-bond acceptors (Lipinski definition) is 4. The highest BCUT2D eigenvalue weighted by Crippen LogP contribution is 2.15. The van der Waals surface area contributed by atoms with E-state index in [2.05, 4.69) is 52.6 Å². The number of nitrogens with one attached hydrogen (secondary N) is 2. The number of imidazole rings is 1. The van der Waals surface area contributed by atoms with E-state index in [9.17, 15) is 0 Å². The normalized spacial score (nSPS) is 15.6. The van der Waals surface area contributed by atoms with E-state index in [0.717, 1.165) is 30.4 Å². The lowest BCUT2D eigenvalue weighted by molar-refractivity contribution is 0.165. The number of piperidine rings is 1. The number of thiol groups is 2. The molecule has 1 aliphatic rings. The Morgan fingerprint density at radius 3 is 2.48 bits per heavy atom. The van der Waals surface area contributed by atoms with Gasteiger partial charge in [0.2, 0.25) is 0 Å². The van der Waals surface area contributed by atoms with Crippen molar-refractivity contribution in [3.63, 3.8) is 0 Å². The third kappa shape index (κ3) is 6.55. The van der Waals surface area contributed by atoms with Gasteiger partial charge in [0.15, 0.2) is 0 Å². The average Bonchev–Trinajstić information content (AvgIpc) is 2.97. The van der Waals surface area contributed by atoms with Crippen LogP contribution < -0.4 is 5.43 Å². The van der Waals surface area contributed by atoms with E-state index >= 15 is 0 Å². The van der Waals surface area contributed by atoms with Crippen molar-refractivity contribution in [3.8, 4) is 11.4 Å². The van der Waals surface area contributed by atoms with Crippen LogP contribution in [0.3, 0.4) is 0 Å². The van der Waals surface area contributed by atoms with Gasteiger partial charge >= 0.3 is 0 Å². The predicted octanol–water partition coefficient (Wildman–Crippen LogP) is 3.80. The second kappa shape index (κ2) is 9.32. The molecule has 23 heavy (non-hydrogen) atoms. The highest BCUT2D eigenvalue weighted by atomic mass is 32.1. The lowest BCUT2D eigenvalue weighted by atomic mass is 10.0. The molecule has 1 fully saturated rings. The summed E-state index contributed by atoms with van der Waals surface area (Å²) in [5, 5.41) is 2.85. The summed E-state index contributed by atoms with van der Waals surface area (Å²) in [6, 6.07) is 9.96. The van der Waals surface area contributed by atoms with Gasteiger partial charge in [-0.25, -0.2) is 9.99 Å². The van der Waals surface area contributed by atoms with E-state index in [1.54, 1.807) is 6.20 Å². The Labute approximate surface area is 153 Å². The highest BCUT2D eigenvalue weighted by molar-refractivity contribution is 8.11. The number of nitrogens with zero attached hydrogens (tertiary/aromatic N) is 2. The minimum Gasteiger partial charge on any atom is -0.343 e. The van der Waals surface area contributed by atoms with Crippen LogP contribution in [0.2, 0.25) is 0 Å². The van der Waals surface area contributed by atoms with E-state index in [-0.39, 0.29) is 0 Å². The molecule has 1 saturated heterocycles. The van der Waals surface area contributed by atoms with E-state index in [0.29, 0.717) is 9.35 Å². The maximum atomic E-state index is 4.82. The Hall–Kier alpha value is -1.02. The molecule has 1 aromatic heterocycles. The number of aromatic amines is 1. The quantitative estimate of drug-likeness (QED) is 0.482. The molecule has 2 N–H and O–H groups in total. The Balaban J connectivity index is 0.000000168.